The van der Waals surface area contributed by atoms with Crippen LogP contribution in [-0.4, -0.2) is 52.1 Å². The number of benzene rings is 1. The van der Waals surface area contributed by atoms with Crippen molar-refractivity contribution in [3.05, 3.63) is 48.0 Å². The van der Waals surface area contributed by atoms with Gasteiger partial charge in [0.25, 0.3) is 0 Å². The minimum absolute atomic E-state index is 0.0583. The number of esters is 1. The van der Waals surface area contributed by atoms with E-state index >= 15 is 0 Å². The van der Waals surface area contributed by atoms with Crippen molar-refractivity contribution in [2.45, 2.75) is 85.0 Å². The number of rotatable bonds is 9. The molecule has 0 spiro atoms. The van der Waals surface area contributed by atoms with Crippen molar-refractivity contribution < 1.29 is 28.5 Å². The van der Waals surface area contributed by atoms with E-state index in [1.54, 1.807) is 14.2 Å². The van der Waals surface area contributed by atoms with Crippen LogP contribution in [0, 0.1) is 40.9 Å². The lowest BCUT2D eigenvalue weighted by Crippen LogP contribution is -2.64. The highest BCUT2D eigenvalue weighted by Gasteiger charge is 2.68. The predicted molar refractivity (Wildman–Crippen MR) is 148 cm³/mol. The first-order chi connectivity index (χ1) is 18.1. The lowest BCUT2D eigenvalue weighted by Gasteiger charge is -2.63. The molecule has 2 bridgehead atoms. The van der Waals surface area contributed by atoms with E-state index in [9.17, 15) is 4.79 Å². The molecular weight excluding hydrogens is 480 g/mol. The molecule has 0 heterocycles. The van der Waals surface area contributed by atoms with E-state index in [0.717, 1.165) is 37.7 Å². The molecule has 0 radical (unpaired) electrons. The molecule has 212 valence electrons. The van der Waals surface area contributed by atoms with Crippen LogP contribution >= 0.6 is 0 Å². The monoisotopic (exact) mass is 528 g/mol. The predicted octanol–water partition coefficient (Wildman–Crippen LogP) is 6.56. The maximum Gasteiger partial charge on any atom is 0.338 e. The van der Waals surface area contributed by atoms with Crippen molar-refractivity contribution >= 4 is 5.97 Å². The van der Waals surface area contributed by atoms with Crippen LogP contribution < -0.4 is 0 Å². The summed E-state index contributed by atoms with van der Waals surface area (Å²) in [6.45, 7) is 16.0. The normalized spacial score (nSPS) is 40.6. The molecule has 9 atom stereocenters. The van der Waals surface area contributed by atoms with Gasteiger partial charge in [-0.25, -0.2) is 4.79 Å². The fourth-order valence-corrected chi connectivity index (χ4v) is 8.46. The first-order valence-corrected chi connectivity index (χ1v) is 14.2. The van der Waals surface area contributed by atoms with E-state index in [1.807, 2.05) is 31.2 Å². The molecule has 0 saturated heterocycles. The Bertz CT molecular complexity index is 977. The average molecular weight is 529 g/mol. The Morgan fingerprint density at radius 1 is 1.03 bits per heavy atom. The van der Waals surface area contributed by atoms with Crippen LogP contribution in [0.15, 0.2) is 36.9 Å². The first-order valence-electron chi connectivity index (χ1n) is 14.2. The van der Waals surface area contributed by atoms with Crippen LogP contribution in [0.25, 0.3) is 0 Å². The molecule has 3 fully saturated rings. The smallest absolute Gasteiger partial charge is 0.338 e. The van der Waals surface area contributed by atoms with Gasteiger partial charge < -0.3 is 23.7 Å². The van der Waals surface area contributed by atoms with Crippen LogP contribution in [0.3, 0.4) is 0 Å². The fraction of sp³-hybridized carbons (Fsp3) is 0.719. The second-order valence-electron chi connectivity index (χ2n) is 12.6. The number of hydrogen-bond acceptors (Lipinski definition) is 6. The van der Waals surface area contributed by atoms with E-state index in [2.05, 4.69) is 40.3 Å². The van der Waals surface area contributed by atoms with Crippen LogP contribution in [0.5, 0.6) is 0 Å². The van der Waals surface area contributed by atoms with Crippen molar-refractivity contribution in [3.8, 4) is 0 Å². The van der Waals surface area contributed by atoms with Gasteiger partial charge in [-0.15, -0.1) is 6.58 Å². The summed E-state index contributed by atoms with van der Waals surface area (Å²) in [5.74, 6) is 0.490. The summed E-state index contributed by atoms with van der Waals surface area (Å²) >= 11 is 0. The van der Waals surface area contributed by atoms with Gasteiger partial charge in [-0.1, -0.05) is 51.5 Å². The molecule has 0 amide bonds. The zero-order chi connectivity index (χ0) is 27.7. The van der Waals surface area contributed by atoms with Crippen molar-refractivity contribution in [2.24, 2.45) is 34.0 Å². The highest BCUT2D eigenvalue weighted by molar-refractivity contribution is 5.89. The van der Waals surface area contributed by atoms with Gasteiger partial charge in [-0.3, -0.25) is 0 Å². The lowest BCUT2D eigenvalue weighted by atomic mass is 9.43. The van der Waals surface area contributed by atoms with Crippen LogP contribution in [0.2, 0.25) is 0 Å². The van der Waals surface area contributed by atoms with Crippen molar-refractivity contribution in [2.75, 3.05) is 27.8 Å². The Hall–Kier alpha value is -1.73. The van der Waals surface area contributed by atoms with Gasteiger partial charge in [0.15, 0.2) is 0 Å². The topological polar surface area (TPSA) is 63.2 Å². The van der Waals surface area contributed by atoms with Gasteiger partial charge in [-0.05, 0) is 68.4 Å². The highest BCUT2D eigenvalue weighted by atomic mass is 16.7. The molecule has 3 aliphatic rings. The van der Waals surface area contributed by atoms with E-state index in [1.165, 1.54) is 0 Å². The largest absolute Gasteiger partial charge is 0.458 e. The molecule has 38 heavy (non-hydrogen) atoms. The molecule has 0 N–H and O–H groups in total. The quantitative estimate of drug-likeness (QED) is 0.205. The van der Waals surface area contributed by atoms with E-state index < -0.39 is 0 Å². The van der Waals surface area contributed by atoms with E-state index in [0.29, 0.717) is 11.5 Å². The van der Waals surface area contributed by atoms with Gasteiger partial charge in [0, 0.05) is 31.0 Å². The fourth-order valence-electron chi connectivity index (χ4n) is 8.46. The Labute approximate surface area is 229 Å². The van der Waals surface area contributed by atoms with Crippen LogP contribution in [-0.2, 0) is 23.7 Å². The van der Waals surface area contributed by atoms with Crippen LogP contribution in [0.1, 0.15) is 75.7 Å². The zero-order valence-corrected chi connectivity index (χ0v) is 24.5. The SMILES string of the molecule is C=C[C@]1(C)C[C@@H](OCOC)[C@]2(C)[C@H](C)CC[C@]3(CC[C@H](OC(=O)c4ccc(C)cc4)[C@H]32)[C@@H](C)[C@@H]1OCOC. The molecule has 6 heteroatoms. The van der Waals surface area contributed by atoms with Crippen molar-refractivity contribution in [3.63, 3.8) is 0 Å². The standard InChI is InChI=1S/C32H48O6/c1-9-30(5)18-26(36-19-34-7)31(6)22(3)14-16-32(23(4)28(30)37-20-35-8)17-15-25(27(31)32)38-29(33)24-12-10-21(2)11-13-24/h9-13,22-23,25-28H,1,14-20H2,2-8H3/t22-,23+,25+,26-,27+,28+,30-,31+,32+/m1/s1. The summed E-state index contributed by atoms with van der Waals surface area (Å²) in [5.41, 5.74) is 1.11. The van der Waals surface area contributed by atoms with Gasteiger partial charge in [0.05, 0.1) is 17.8 Å². The molecule has 6 nitrogen and oxygen atoms in total. The highest BCUT2D eigenvalue weighted by Crippen LogP contribution is 2.69. The third kappa shape index (κ3) is 4.87. The molecule has 3 aliphatic carbocycles. The summed E-state index contributed by atoms with van der Waals surface area (Å²) < 4.78 is 30.3. The van der Waals surface area contributed by atoms with Gasteiger partial charge in [-0.2, -0.15) is 0 Å². The molecule has 0 unspecified atom stereocenters. The number of carbonyl (C=O) groups is 1. The van der Waals surface area contributed by atoms with Crippen LogP contribution in [0.4, 0.5) is 0 Å². The lowest BCUT2D eigenvalue weighted by molar-refractivity contribution is -0.247. The molecule has 3 saturated carbocycles. The maximum absolute atomic E-state index is 13.4. The van der Waals surface area contributed by atoms with Gasteiger partial charge in [0.1, 0.15) is 19.7 Å². The summed E-state index contributed by atoms with van der Waals surface area (Å²) in [6.07, 6.45) is 6.38. The number of ether oxygens (including phenoxy) is 5. The zero-order valence-electron chi connectivity index (χ0n) is 24.5. The molecule has 1 aromatic rings. The second kappa shape index (κ2) is 11.4. The summed E-state index contributed by atoms with van der Waals surface area (Å²) in [5, 5.41) is 0. The third-order valence-corrected chi connectivity index (χ3v) is 10.8. The number of carbonyl (C=O) groups excluding carboxylic acids is 1. The van der Waals surface area contributed by atoms with E-state index in [-0.39, 0.29) is 65.9 Å². The Morgan fingerprint density at radius 3 is 2.29 bits per heavy atom. The summed E-state index contributed by atoms with van der Waals surface area (Å²) in [4.78, 5) is 13.4. The molecular formula is C32H48O6. The molecule has 1 aromatic carbocycles. The van der Waals surface area contributed by atoms with Crippen molar-refractivity contribution in [1.82, 2.24) is 0 Å². The van der Waals surface area contributed by atoms with E-state index in [4.69, 9.17) is 23.7 Å². The number of aryl methyl sites for hydroxylation is 1. The Morgan fingerprint density at radius 2 is 1.66 bits per heavy atom. The third-order valence-electron chi connectivity index (χ3n) is 10.8. The summed E-state index contributed by atoms with van der Waals surface area (Å²) in [6, 6.07) is 7.66. The molecule has 0 aromatic heterocycles. The first kappa shape index (κ1) is 29.3. The Kier molecular flexibility index (Phi) is 8.78. The van der Waals surface area contributed by atoms with Gasteiger partial charge in [0.2, 0.25) is 0 Å². The Balaban J connectivity index is 1.81. The maximum atomic E-state index is 13.4. The molecule has 4 rings (SSSR count). The average Bonchev–Trinajstić information content (AvgIpc) is 3.28. The minimum atomic E-state index is -0.330. The summed E-state index contributed by atoms with van der Waals surface area (Å²) in [7, 11) is 3.33. The number of methoxy groups -OCH3 is 2. The van der Waals surface area contributed by atoms with Gasteiger partial charge >= 0.3 is 5.97 Å². The minimum Gasteiger partial charge on any atom is -0.458 e. The van der Waals surface area contributed by atoms with Crippen molar-refractivity contribution in [1.29, 1.82) is 0 Å². The molecule has 0 aliphatic heterocycles. The number of hydrogen-bond donors (Lipinski definition) is 0. The second-order valence-corrected chi connectivity index (χ2v) is 12.6.